The first-order valence-corrected chi connectivity index (χ1v) is 12.7. The molecule has 10 nitrogen and oxygen atoms in total. The largest absolute Gasteiger partial charge is 0.450 e. The van der Waals surface area contributed by atoms with Crippen LogP contribution in [0, 0.1) is 0 Å². The van der Waals surface area contributed by atoms with Crippen LogP contribution in [0.3, 0.4) is 0 Å². The molecule has 3 aromatic heterocycles. The van der Waals surface area contributed by atoms with Gasteiger partial charge in [-0.2, -0.15) is 4.31 Å². The summed E-state index contributed by atoms with van der Waals surface area (Å²) in [5.74, 6) is 1.55. The lowest BCUT2D eigenvalue weighted by Gasteiger charge is -2.36. The molecule has 4 aromatic rings. The summed E-state index contributed by atoms with van der Waals surface area (Å²) >= 11 is 0. The fourth-order valence-electron chi connectivity index (χ4n) is 4.53. The Morgan fingerprint density at radius 3 is 2.35 bits per heavy atom. The van der Waals surface area contributed by atoms with Crippen LogP contribution in [0.2, 0.25) is 0 Å². The maximum atomic E-state index is 12.8. The summed E-state index contributed by atoms with van der Waals surface area (Å²) in [6.45, 7) is 4.50. The van der Waals surface area contributed by atoms with Crippen molar-refractivity contribution >= 4 is 43.7 Å². The first-order chi connectivity index (χ1) is 16.6. The Kier molecular flexibility index (Phi) is 5.31. The Hall–Kier alpha value is -3.28. The van der Waals surface area contributed by atoms with Gasteiger partial charge in [0, 0.05) is 50.9 Å². The summed E-state index contributed by atoms with van der Waals surface area (Å²) in [6, 6.07) is 11.3. The van der Waals surface area contributed by atoms with Gasteiger partial charge in [-0.15, -0.1) is 0 Å². The number of piperazine rings is 1. The number of hydrogen-bond acceptors (Lipinski definition) is 9. The molecule has 0 spiro atoms. The number of benzene rings is 1. The molecule has 0 aliphatic carbocycles. The smallest absolute Gasteiger partial charge is 0.244 e. The summed E-state index contributed by atoms with van der Waals surface area (Å²) in [5, 5.41) is 0.983. The number of aromatic nitrogens is 3. The molecule has 0 unspecified atom stereocenters. The summed E-state index contributed by atoms with van der Waals surface area (Å²) in [6.07, 6.45) is 3.04. The van der Waals surface area contributed by atoms with Crippen LogP contribution >= 0.6 is 0 Å². The highest BCUT2D eigenvalue weighted by Crippen LogP contribution is 2.32. The van der Waals surface area contributed by atoms with E-state index in [1.807, 2.05) is 24.3 Å². The van der Waals surface area contributed by atoms with Crippen molar-refractivity contribution in [1.82, 2.24) is 19.3 Å². The van der Waals surface area contributed by atoms with Gasteiger partial charge >= 0.3 is 0 Å². The van der Waals surface area contributed by atoms with E-state index in [-0.39, 0.29) is 4.90 Å². The Labute approximate surface area is 196 Å². The minimum Gasteiger partial charge on any atom is -0.450 e. The predicted molar refractivity (Wildman–Crippen MR) is 128 cm³/mol. The van der Waals surface area contributed by atoms with Gasteiger partial charge in [-0.25, -0.2) is 23.4 Å². The van der Waals surface area contributed by atoms with Crippen LogP contribution < -0.4 is 9.80 Å². The van der Waals surface area contributed by atoms with Gasteiger partial charge in [0.2, 0.25) is 10.0 Å². The number of hydrogen-bond donors (Lipinski definition) is 0. The molecule has 2 aliphatic heterocycles. The van der Waals surface area contributed by atoms with Crippen molar-refractivity contribution in [3.05, 3.63) is 48.9 Å². The van der Waals surface area contributed by atoms with Gasteiger partial charge in [0.15, 0.2) is 11.4 Å². The van der Waals surface area contributed by atoms with Crippen molar-refractivity contribution in [2.24, 2.45) is 0 Å². The van der Waals surface area contributed by atoms with Crippen molar-refractivity contribution < 1.29 is 17.6 Å². The Morgan fingerprint density at radius 2 is 1.59 bits per heavy atom. The van der Waals surface area contributed by atoms with Crippen LogP contribution in [0.1, 0.15) is 0 Å². The second kappa shape index (κ2) is 8.49. The molecule has 0 saturated carbocycles. The first kappa shape index (κ1) is 21.3. The van der Waals surface area contributed by atoms with E-state index in [4.69, 9.17) is 9.15 Å². The molecule has 0 bridgehead atoms. The number of rotatable bonds is 4. The highest BCUT2D eigenvalue weighted by Gasteiger charge is 2.27. The molecule has 11 heteroatoms. The second-order valence-corrected chi connectivity index (χ2v) is 10.3. The topological polar surface area (TPSA) is 105 Å². The van der Waals surface area contributed by atoms with Gasteiger partial charge in [-0.3, -0.25) is 0 Å². The van der Waals surface area contributed by atoms with Crippen molar-refractivity contribution in [2.75, 3.05) is 62.3 Å². The van der Waals surface area contributed by atoms with Gasteiger partial charge < -0.3 is 19.0 Å². The van der Waals surface area contributed by atoms with E-state index in [0.717, 1.165) is 54.3 Å². The molecule has 2 fully saturated rings. The third kappa shape index (κ3) is 3.65. The molecule has 34 heavy (non-hydrogen) atoms. The Balaban J connectivity index is 1.18. The van der Waals surface area contributed by atoms with E-state index in [1.54, 1.807) is 18.5 Å². The lowest BCUT2D eigenvalue weighted by molar-refractivity contribution is 0.0730. The fourth-order valence-corrected chi connectivity index (χ4v) is 5.89. The molecule has 2 aliphatic rings. The molecule has 0 atom stereocenters. The van der Waals surface area contributed by atoms with Gasteiger partial charge in [0.05, 0.1) is 13.2 Å². The monoisotopic (exact) mass is 480 g/mol. The number of ether oxygens (including phenoxy) is 1. The third-order valence-corrected chi connectivity index (χ3v) is 8.25. The number of para-hydroxylation sites is 1. The molecule has 2 saturated heterocycles. The molecule has 5 heterocycles. The molecule has 1 aromatic carbocycles. The van der Waals surface area contributed by atoms with Gasteiger partial charge in [-0.05, 0) is 24.3 Å². The van der Waals surface area contributed by atoms with Crippen LogP contribution in [-0.2, 0) is 14.8 Å². The van der Waals surface area contributed by atoms with E-state index >= 15 is 0 Å². The minimum absolute atomic E-state index is 0.213. The van der Waals surface area contributed by atoms with Crippen molar-refractivity contribution in [3.8, 4) is 0 Å². The zero-order valence-electron chi connectivity index (χ0n) is 18.5. The molecule has 0 N–H and O–H groups in total. The van der Waals surface area contributed by atoms with Crippen LogP contribution in [-0.4, -0.2) is 80.2 Å². The standard InChI is InChI=1S/C23H24N6O4S/c30-34(31,29-11-13-32-14-12-29)17-5-6-20(24-15-17)27-7-9-28(10-8-27)23-22-21(25-16-26-23)18-3-1-2-4-19(18)33-22/h1-6,15-16H,7-14H2. The molecular formula is C23H24N6O4S. The maximum Gasteiger partial charge on any atom is 0.244 e. The Morgan fingerprint density at radius 1 is 0.824 bits per heavy atom. The first-order valence-electron chi connectivity index (χ1n) is 11.3. The van der Waals surface area contributed by atoms with E-state index in [0.29, 0.717) is 31.9 Å². The van der Waals surface area contributed by atoms with Crippen LogP contribution in [0.25, 0.3) is 22.1 Å². The number of nitrogens with zero attached hydrogens (tertiary/aromatic N) is 6. The van der Waals surface area contributed by atoms with Gasteiger partial charge in [0.1, 0.15) is 28.1 Å². The lowest BCUT2D eigenvalue weighted by Crippen LogP contribution is -2.47. The summed E-state index contributed by atoms with van der Waals surface area (Å²) in [7, 11) is -3.55. The van der Waals surface area contributed by atoms with Crippen LogP contribution in [0.15, 0.2) is 58.2 Å². The number of anilines is 2. The molecule has 176 valence electrons. The van der Waals surface area contributed by atoms with Crippen molar-refractivity contribution in [3.63, 3.8) is 0 Å². The Bertz CT molecular complexity index is 1430. The zero-order chi connectivity index (χ0) is 23.1. The number of furan rings is 1. The summed E-state index contributed by atoms with van der Waals surface area (Å²) in [4.78, 5) is 18.0. The van der Waals surface area contributed by atoms with Crippen molar-refractivity contribution in [2.45, 2.75) is 4.90 Å². The lowest BCUT2D eigenvalue weighted by atomic mass is 10.2. The molecule has 0 radical (unpaired) electrons. The summed E-state index contributed by atoms with van der Waals surface area (Å²) in [5.41, 5.74) is 2.32. The SMILES string of the molecule is O=S(=O)(c1ccc(N2CCN(c3ncnc4c3oc3ccccc34)CC2)nc1)N1CCOCC1. The van der Waals surface area contributed by atoms with Crippen LogP contribution in [0.4, 0.5) is 11.6 Å². The fraction of sp³-hybridized carbons (Fsp3) is 0.348. The number of pyridine rings is 1. The number of fused-ring (bicyclic) bond motifs is 3. The normalized spacial score (nSPS) is 18.1. The average molecular weight is 481 g/mol. The highest BCUT2D eigenvalue weighted by molar-refractivity contribution is 7.89. The number of sulfonamides is 1. The minimum atomic E-state index is -3.55. The van der Waals surface area contributed by atoms with E-state index in [9.17, 15) is 8.42 Å². The molecular weight excluding hydrogens is 456 g/mol. The van der Waals surface area contributed by atoms with E-state index < -0.39 is 10.0 Å². The number of morpholine rings is 1. The van der Waals surface area contributed by atoms with E-state index in [2.05, 4.69) is 24.8 Å². The predicted octanol–water partition coefficient (Wildman–Crippen LogP) is 2.12. The highest BCUT2D eigenvalue weighted by atomic mass is 32.2. The summed E-state index contributed by atoms with van der Waals surface area (Å²) < 4.78 is 38.5. The van der Waals surface area contributed by atoms with Gasteiger partial charge in [0.25, 0.3) is 0 Å². The third-order valence-electron chi connectivity index (χ3n) is 6.37. The second-order valence-electron chi connectivity index (χ2n) is 8.32. The van der Waals surface area contributed by atoms with Gasteiger partial charge in [-0.1, -0.05) is 12.1 Å². The van der Waals surface area contributed by atoms with Crippen LogP contribution in [0.5, 0.6) is 0 Å². The van der Waals surface area contributed by atoms with E-state index in [1.165, 1.54) is 10.5 Å². The average Bonchev–Trinajstić information content (AvgIpc) is 3.28. The zero-order valence-corrected chi connectivity index (χ0v) is 19.3. The maximum absolute atomic E-state index is 12.8. The quantitative estimate of drug-likeness (QED) is 0.434. The molecule has 6 rings (SSSR count). The van der Waals surface area contributed by atoms with Crippen molar-refractivity contribution in [1.29, 1.82) is 0 Å². The molecule has 0 amide bonds.